The fourth-order valence-electron chi connectivity index (χ4n) is 0.324. The third kappa shape index (κ3) is 17.7. The van der Waals surface area contributed by atoms with Crippen molar-refractivity contribution in [3.8, 4) is 0 Å². The van der Waals surface area contributed by atoms with E-state index in [0.29, 0.717) is 0 Å². The first-order chi connectivity index (χ1) is 9.36. The standard InChI is InChI=1S/2Al.3Ca.O4Si.4O2.2Zr/c;;;;;1-2-5(1)3-4-5;4*1-2;;/q2*+3;;;+2;;4*-2;;. The van der Waals surface area contributed by atoms with Crippen LogP contribution in [0.1, 0.15) is 0 Å². The molecule has 0 saturated carbocycles. The number of hydrogen-bond acceptors (Lipinski definition) is 12. The molecular weight excluding hydrogens is 577 g/mol. The van der Waals surface area contributed by atoms with Crippen molar-refractivity contribution in [2.75, 3.05) is 0 Å². The Kier molecular flexibility index (Phi) is 26.7. The van der Waals surface area contributed by atoms with Gasteiger partial charge in [-0.2, -0.15) is 18.3 Å². The molecule has 0 bridgehead atoms. The second-order valence-electron chi connectivity index (χ2n) is 1.99. The topological polar surface area (TPSA) is 165 Å². The van der Waals surface area contributed by atoms with Gasteiger partial charge in [0.2, 0.25) is 0 Å². The summed E-state index contributed by atoms with van der Waals surface area (Å²) in [4.78, 5) is 0. The van der Waals surface area contributed by atoms with E-state index in [2.05, 4.69) is 41.9 Å². The Balaban J connectivity index is 0. The van der Waals surface area contributed by atoms with Gasteiger partial charge in [0, 0.05) is 0 Å². The molecule has 20 heavy (non-hydrogen) atoms. The molecule has 12 nitrogen and oxygen atoms in total. The van der Waals surface area contributed by atoms with Gasteiger partial charge in [-0.15, -0.1) is 0 Å². The normalized spacial score (nSPS) is 20.0. The predicted molar refractivity (Wildman–Crippen MR) is 45.4 cm³/mol. The minimum atomic E-state index is -2.11. The van der Waals surface area contributed by atoms with E-state index in [-0.39, 0.29) is 37.7 Å². The van der Waals surface area contributed by atoms with Gasteiger partial charge in [0.25, 0.3) is 0 Å². The van der Waals surface area contributed by atoms with Crippen LogP contribution in [-0.2, 0) is 74.0 Å². The van der Waals surface area contributed by atoms with Crippen LogP contribution in [0.5, 0.6) is 0 Å². The van der Waals surface area contributed by atoms with Crippen LogP contribution in [0.3, 0.4) is 0 Å². The van der Waals surface area contributed by atoms with E-state index >= 15 is 0 Å². The molecule has 0 radical (unpaired) electrons. The van der Waals surface area contributed by atoms with Crippen molar-refractivity contribution in [1.29, 1.82) is 0 Å². The summed E-state index contributed by atoms with van der Waals surface area (Å²) in [7, 11) is -2.11. The summed E-state index contributed by atoms with van der Waals surface area (Å²) in [6, 6.07) is 0. The van der Waals surface area contributed by atoms with Crippen molar-refractivity contribution in [3.63, 3.8) is 0 Å². The van der Waals surface area contributed by atoms with Gasteiger partial charge in [-0.05, 0) is 0 Å². The van der Waals surface area contributed by atoms with Gasteiger partial charge < -0.3 is 34.1 Å². The van der Waals surface area contributed by atoms with Crippen LogP contribution in [0.15, 0.2) is 0 Å². The summed E-state index contributed by atoms with van der Waals surface area (Å²) in [6.45, 7) is 0. The molecule has 1 spiro atoms. The number of rotatable bonds is 3. The van der Waals surface area contributed by atoms with Gasteiger partial charge >= 0.3 is 167 Å². The second-order valence-corrected chi connectivity index (χ2v) is 5.96. The first-order valence-corrected chi connectivity index (χ1v) is 24.9. The van der Waals surface area contributed by atoms with Crippen LogP contribution < -0.4 is 10.5 Å². The largest absolute Gasteiger partial charge is 1.00 e. The zero-order chi connectivity index (χ0) is 14.7. The molecule has 4 heterocycles. The molecule has 20 heteroatoms. The fraction of sp³-hybridized carbons (Fsp3) is 0. The van der Waals surface area contributed by atoms with Crippen molar-refractivity contribution in [1.82, 2.24) is 0 Å². The van der Waals surface area contributed by atoms with E-state index in [9.17, 15) is 0 Å². The van der Waals surface area contributed by atoms with E-state index in [4.69, 9.17) is 10.5 Å². The summed E-state index contributed by atoms with van der Waals surface area (Å²) in [5.41, 5.74) is 0. The zero-order valence-corrected chi connectivity index (χ0v) is 24.5. The summed E-state index contributed by atoms with van der Waals surface area (Å²) in [5, 5.41) is 14.0. The molecule has 4 saturated heterocycles. The van der Waals surface area contributed by atoms with Crippen LogP contribution in [0.4, 0.5) is 0 Å². The zero-order valence-electron chi connectivity index (χ0n) is 9.68. The first kappa shape index (κ1) is 28.6. The van der Waals surface area contributed by atoms with E-state index < -0.39 is 39.3 Å². The van der Waals surface area contributed by atoms with Crippen LogP contribution in [0.25, 0.3) is 0 Å². The third-order valence-electron chi connectivity index (χ3n) is 1.00. The van der Waals surface area contributed by atoms with Crippen LogP contribution in [0.2, 0.25) is 0 Å². The minimum absolute atomic E-state index is 0. The molecule has 0 unspecified atom stereocenters. The molecule has 0 aromatic rings. The van der Waals surface area contributed by atoms with Crippen molar-refractivity contribution < 1.29 is 84.5 Å². The molecule has 0 atom stereocenters. The molecule has 0 amide bonds. The van der Waals surface area contributed by atoms with Crippen LogP contribution >= 0.6 is 0 Å². The quantitative estimate of drug-likeness (QED) is 0.136. The molecule has 4 aliphatic rings. The van der Waals surface area contributed by atoms with Gasteiger partial charge in [-0.3, -0.25) is 0 Å². The Morgan fingerprint density at radius 3 is 1.10 bits per heavy atom. The molecule has 4 rings (SSSR count). The Bertz CT molecular complexity index is 209. The van der Waals surface area contributed by atoms with E-state index in [1.807, 2.05) is 0 Å². The molecule has 4 aliphatic heterocycles. The summed E-state index contributed by atoms with van der Waals surface area (Å²) >= 11 is 2.71. The minimum Gasteiger partial charge on any atom is -1.00 e. The molecule has 0 aromatic carbocycles. The first-order valence-electron chi connectivity index (χ1n) is 3.94. The molecular formula is Al2Ca3O12SiZr2. The molecule has 0 aromatic heterocycles. The van der Waals surface area contributed by atoms with Crippen molar-refractivity contribution in [2.45, 2.75) is 0 Å². The van der Waals surface area contributed by atoms with E-state index in [1.54, 1.807) is 32.0 Å². The monoisotopic (exact) mass is 574 g/mol. The SMILES string of the molecule is O1O[Si]12OO2.[Ca+2].[Ca]=[Zr].[Ca]=[Zr].[O-][O-].[O]1[O][Al]1[O][O][Al]1[O][O]1. The van der Waals surface area contributed by atoms with Crippen LogP contribution in [0, 0.1) is 0 Å². The fourth-order valence-corrected chi connectivity index (χ4v) is 2.20. The summed E-state index contributed by atoms with van der Waals surface area (Å²) < 4.78 is 42.9. The van der Waals surface area contributed by atoms with Gasteiger partial charge in [-0.1, -0.05) is 0 Å². The van der Waals surface area contributed by atoms with Crippen molar-refractivity contribution in [2.24, 2.45) is 0 Å². The average Bonchev–Trinajstić information content (AvgIpc) is 3.36. The summed E-state index contributed by atoms with van der Waals surface area (Å²) in [6.07, 6.45) is 0. The van der Waals surface area contributed by atoms with Gasteiger partial charge in [0.15, 0.2) is 0 Å². The molecule has 0 aliphatic carbocycles. The maximum absolute atomic E-state index is 7.00. The van der Waals surface area contributed by atoms with Gasteiger partial charge in [0.05, 0.1) is 0 Å². The predicted octanol–water partition coefficient (Wildman–Crippen LogP) is -5.35. The second kappa shape index (κ2) is 18.7. The van der Waals surface area contributed by atoms with E-state index in [1.165, 1.54) is 58.2 Å². The smallest absolute Gasteiger partial charge is 0.986 e. The Morgan fingerprint density at radius 2 is 1.00 bits per heavy atom. The molecule has 96 valence electrons. The van der Waals surface area contributed by atoms with Crippen molar-refractivity contribution in [3.05, 3.63) is 0 Å². The maximum Gasteiger partial charge on any atom is 0.986 e. The van der Waals surface area contributed by atoms with Crippen LogP contribution in [-0.4, -0.2) is 135 Å². The molecule has 0 N–H and O–H groups in total. The molecule has 4 fully saturated rings. The van der Waals surface area contributed by atoms with Gasteiger partial charge in [-0.25, -0.2) is 0 Å². The van der Waals surface area contributed by atoms with Crippen molar-refractivity contribution >= 4 is 135 Å². The Morgan fingerprint density at radius 1 is 0.750 bits per heavy atom. The Hall–Kier alpha value is 6.35. The summed E-state index contributed by atoms with van der Waals surface area (Å²) in [5.74, 6) is 0. The Labute approximate surface area is 213 Å². The maximum atomic E-state index is 7.00. The third-order valence-corrected chi connectivity index (χ3v) is 3.34. The van der Waals surface area contributed by atoms with E-state index in [0.717, 1.165) is 0 Å². The average molecular weight is 577 g/mol. The number of hydrogen-bond donors (Lipinski definition) is 0. The van der Waals surface area contributed by atoms with Gasteiger partial charge in [0.1, 0.15) is 0 Å².